The van der Waals surface area contributed by atoms with Gasteiger partial charge in [-0.15, -0.1) is 0 Å². The Morgan fingerprint density at radius 1 is 0.949 bits per heavy atom. The second kappa shape index (κ2) is 10.7. The molecule has 1 aromatic heterocycles. The molecule has 2 heterocycles. The zero-order valence-electron chi connectivity index (χ0n) is 20.6. The summed E-state index contributed by atoms with van der Waals surface area (Å²) < 4.78 is 33.6. The quantitative estimate of drug-likeness (QED) is 0.322. The van der Waals surface area contributed by atoms with Gasteiger partial charge in [0, 0.05) is 49.6 Å². The maximum atomic E-state index is 14.8. The van der Waals surface area contributed by atoms with Gasteiger partial charge in [0.2, 0.25) is 11.8 Å². The number of hydrogen-bond donors (Lipinski definition) is 4. The van der Waals surface area contributed by atoms with Crippen LogP contribution in [0.2, 0.25) is 0 Å². The van der Waals surface area contributed by atoms with Crippen LogP contribution in [0.3, 0.4) is 0 Å². The van der Waals surface area contributed by atoms with Crippen LogP contribution in [0.4, 0.5) is 30.8 Å². The minimum atomic E-state index is -1.33. The normalized spacial score (nSPS) is 15.6. The number of benzene rings is 2. The Labute approximate surface area is 222 Å². The molecule has 0 spiro atoms. The van der Waals surface area contributed by atoms with E-state index in [-0.39, 0.29) is 35.8 Å². The Morgan fingerprint density at radius 3 is 2.31 bits per heavy atom. The number of aliphatic hydroxyl groups is 1. The van der Waals surface area contributed by atoms with E-state index in [1.54, 1.807) is 0 Å². The molecule has 3 aromatic rings. The number of pyridine rings is 1. The molecule has 5 rings (SSSR count). The van der Waals surface area contributed by atoms with E-state index in [1.165, 1.54) is 59.6 Å². The van der Waals surface area contributed by atoms with Crippen LogP contribution in [0.1, 0.15) is 12.8 Å². The molecule has 12 heteroatoms. The number of aliphatic hydroxyl groups excluding tert-OH is 1. The predicted octanol–water partition coefficient (Wildman–Crippen LogP) is 3.97. The highest BCUT2D eigenvalue weighted by Crippen LogP contribution is 2.47. The van der Waals surface area contributed by atoms with Gasteiger partial charge in [0.15, 0.2) is 0 Å². The van der Waals surface area contributed by atoms with Crippen molar-refractivity contribution in [1.82, 2.24) is 9.88 Å². The lowest BCUT2D eigenvalue weighted by molar-refractivity contribution is -0.131. The van der Waals surface area contributed by atoms with Crippen LogP contribution < -0.4 is 20.7 Å². The van der Waals surface area contributed by atoms with Gasteiger partial charge in [-0.2, -0.15) is 0 Å². The lowest BCUT2D eigenvalue weighted by atomic mass is 10.0. The van der Waals surface area contributed by atoms with Gasteiger partial charge in [-0.3, -0.25) is 14.9 Å². The number of urea groups is 1. The SMILES string of the molecule is O=C(Nc1cc(Oc2ccc(NC(=O)C3(C(=O)Nc4ccc(F)cc4)CC3)c(F)c2)ccn1)N1CC(CO)C1. The van der Waals surface area contributed by atoms with Crippen LogP contribution in [-0.4, -0.2) is 52.5 Å². The molecule has 0 unspecified atom stereocenters. The van der Waals surface area contributed by atoms with Crippen LogP contribution in [-0.2, 0) is 9.59 Å². The predicted molar refractivity (Wildman–Crippen MR) is 137 cm³/mol. The van der Waals surface area contributed by atoms with Gasteiger partial charge in [-0.25, -0.2) is 18.6 Å². The van der Waals surface area contributed by atoms with E-state index in [9.17, 15) is 23.2 Å². The summed E-state index contributed by atoms with van der Waals surface area (Å²) >= 11 is 0. The highest BCUT2D eigenvalue weighted by Gasteiger charge is 2.56. The van der Waals surface area contributed by atoms with Crippen LogP contribution >= 0.6 is 0 Å². The van der Waals surface area contributed by atoms with Gasteiger partial charge in [0.25, 0.3) is 0 Å². The number of aromatic nitrogens is 1. The van der Waals surface area contributed by atoms with E-state index < -0.39 is 28.9 Å². The Morgan fingerprint density at radius 2 is 1.64 bits per heavy atom. The third kappa shape index (κ3) is 5.80. The molecule has 1 aliphatic carbocycles. The van der Waals surface area contributed by atoms with Crippen molar-refractivity contribution in [3.63, 3.8) is 0 Å². The van der Waals surface area contributed by atoms with E-state index in [0.717, 1.165) is 6.07 Å². The van der Waals surface area contributed by atoms with Gasteiger partial charge in [-0.1, -0.05) is 0 Å². The van der Waals surface area contributed by atoms with Gasteiger partial charge >= 0.3 is 6.03 Å². The van der Waals surface area contributed by atoms with Gasteiger partial charge in [-0.05, 0) is 55.3 Å². The summed E-state index contributed by atoms with van der Waals surface area (Å²) in [7, 11) is 0. The number of amides is 4. The number of nitrogens with one attached hydrogen (secondary N) is 3. The lowest BCUT2D eigenvalue weighted by Gasteiger charge is -2.37. The molecule has 4 N–H and O–H groups in total. The van der Waals surface area contributed by atoms with Crippen molar-refractivity contribution in [3.05, 3.63) is 72.4 Å². The minimum Gasteiger partial charge on any atom is -0.457 e. The summed E-state index contributed by atoms with van der Waals surface area (Å²) in [5, 5.41) is 16.8. The van der Waals surface area contributed by atoms with Crippen molar-refractivity contribution in [2.75, 3.05) is 35.6 Å². The molecule has 2 aliphatic rings. The summed E-state index contributed by atoms with van der Waals surface area (Å²) in [6, 6.07) is 11.7. The third-order valence-electron chi connectivity index (χ3n) is 6.61. The van der Waals surface area contributed by atoms with Crippen molar-refractivity contribution >= 4 is 35.0 Å². The van der Waals surface area contributed by atoms with Crippen molar-refractivity contribution in [1.29, 1.82) is 0 Å². The van der Waals surface area contributed by atoms with Crippen LogP contribution in [0, 0.1) is 23.0 Å². The second-order valence-corrected chi connectivity index (χ2v) is 9.50. The highest BCUT2D eigenvalue weighted by atomic mass is 19.1. The number of likely N-dealkylation sites (tertiary alicyclic amines) is 1. The van der Waals surface area contributed by atoms with E-state index in [0.29, 0.717) is 37.4 Å². The summed E-state index contributed by atoms with van der Waals surface area (Å²) in [4.78, 5) is 43.4. The van der Waals surface area contributed by atoms with Crippen LogP contribution in [0.15, 0.2) is 60.8 Å². The Hall–Kier alpha value is -4.58. The zero-order valence-corrected chi connectivity index (χ0v) is 20.6. The first-order valence-electron chi connectivity index (χ1n) is 12.2. The largest absolute Gasteiger partial charge is 0.457 e. The first-order valence-corrected chi connectivity index (χ1v) is 12.2. The molecule has 1 aliphatic heterocycles. The molecule has 202 valence electrons. The summed E-state index contributed by atoms with van der Waals surface area (Å²) in [5.74, 6) is -1.66. The summed E-state index contributed by atoms with van der Waals surface area (Å²) in [6.45, 7) is 0.944. The minimum absolute atomic E-state index is 0.0259. The van der Waals surface area contributed by atoms with Crippen molar-refractivity contribution in [3.8, 4) is 11.5 Å². The molecule has 10 nitrogen and oxygen atoms in total. The fraction of sp³-hybridized carbons (Fsp3) is 0.259. The van der Waals surface area contributed by atoms with E-state index in [4.69, 9.17) is 9.84 Å². The third-order valence-corrected chi connectivity index (χ3v) is 6.61. The lowest BCUT2D eigenvalue weighted by Crippen LogP contribution is -2.52. The fourth-order valence-corrected chi connectivity index (χ4v) is 4.09. The molecule has 0 atom stereocenters. The van der Waals surface area contributed by atoms with E-state index in [1.807, 2.05) is 0 Å². The molecule has 4 amide bonds. The van der Waals surface area contributed by atoms with E-state index in [2.05, 4.69) is 20.9 Å². The van der Waals surface area contributed by atoms with E-state index >= 15 is 0 Å². The smallest absolute Gasteiger partial charge is 0.323 e. The molecule has 0 radical (unpaired) electrons. The topological polar surface area (TPSA) is 133 Å². The number of rotatable bonds is 8. The fourth-order valence-electron chi connectivity index (χ4n) is 4.09. The number of ether oxygens (including phenoxy) is 1. The van der Waals surface area contributed by atoms with Crippen molar-refractivity contribution < 1.29 is 33.0 Å². The number of carbonyl (C=O) groups is 3. The van der Waals surface area contributed by atoms with Crippen molar-refractivity contribution in [2.45, 2.75) is 12.8 Å². The Bertz CT molecular complexity index is 1410. The summed E-state index contributed by atoms with van der Waals surface area (Å²) in [6.07, 6.45) is 2.03. The second-order valence-electron chi connectivity index (χ2n) is 9.50. The number of nitrogens with zero attached hydrogens (tertiary/aromatic N) is 2. The molecule has 2 aromatic carbocycles. The summed E-state index contributed by atoms with van der Waals surface area (Å²) in [5.41, 5.74) is -1.10. The average molecular weight is 538 g/mol. The molecule has 1 saturated heterocycles. The van der Waals surface area contributed by atoms with Gasteiger partial charge in [0.1, 0.15) is 34.4 Å². The van der Waals surface area contributed by atoms with Crippen LogP contribution in [0.25, 0.3) is 0 Å². The standard InChI is InChI=1S/C27H25F2N5O5/c28-17-1-3-18(4-2-17)31-24(36)27(8-9-27)25(37)32-22-6-5-19(11-21(22)29)39-20-7-10-30-23(12-20)33-26(38)34-13-16(14-34)15-35/h1-7,10-12,16,35H,8-9,13-15H2,(H,31,36)(H,32,37)(H,30,33,38). The van der Waals surface area contributed by atoms with Gasteiger partial charge in [0.05, 0.1) is 5.69 Å². The first kappa shape index (κ1) is 26.0. The highest BCUT2D eigenvalue weighted by molar-refractivity contribution is 6.16. The molecule has 39 heavy (non-hydrogen) atoms. The molecular weight excluding hydrogens is 512 g/mol. The average Bonchev–Trinajstić information content (AvgIpc) is 3.69. The number of hydrogen-bond acceptors (Lipinski definition) is 6. The number of anilines is 3. The van der Waals surface area contributed by atoms with Gasteiger partial charge < -0.3 is 25.4 Å². The maximum Gasteiger partial charge on any atom is 0.323 e. The van der Waals surface area contributed by atoms with Crippen molar-refractivity contribution in [2.24, 2.45) is 11.3 Å². The zero-order chi connectivity index (χ0) is 27.6. The van der Waals surface area contributed by atoms with Crippen LogP contribution in [0.5, 0.6) is 11.5 Å². The first-order chi connectivity index (χ1) is 18.8. The number of carbonyl (C=O) groups excluding carboxylic acids is 3. The molecule has 1 saturated carbocycles. The molecular formula is C27H25F2N5O5. The Balaban J connectivity index is 1.18. The number of halogens is 2. The maximum absolute atomic E-state index is 14.8. The molecule has 2 fully saturated rings. The monoisotopic (exact) mass is 537 g/mol. The Kier molecular flexibility index (Phi) is 7.11. The molecule has 0 bridgehead atoms.